The van der Waals surface area contributed by atoms with Gasteiger partial charge in [0.1, 0.15) is 0 Å². The lowest BCUT2D eigenvalue weighted by Gasteiger charge is -2.18. The molecule has 3 nitrogen and oxygen atoms in total. The number of thiazole rings is 1. The largest absolute Gasteiger partial charge is 0.399 e. The van der Waals surface area contributed by atoms with Gasteiger partial charge in [-0.3, -0.25) is 0 Å². The summed E-state index contributed by atoms with van der Waals surface area (Å²) in [5, 5.41) is 3.27. The molecular weight excluding hydrogens is 230 g/mol. The summed E-state index contributed by atoms with van der Waals surface area (Å²) in [5.74, 6) is 0. The number of nitrogen functional groups attached to an aromatic ring is 1. The summed E-state index contributed by atoms with van der Waals surface area (Å²) in [7, 11) is 0. The molecule has 0 atom stereocenters. The van der Waals surface area contributed by atoms with Crippen molar-refractivity contribution < 1.29 is 0 Å². The van der Waals surface area contributed by atoms with Gasteiger partial charge in [-0.1, -0.05) is 6.07 Å². The highest BCUT2D eigenvalue weighted by Crippen LogP contribution is 2.31. The molecule has 0 spiro atoms. The maximum atomic E-state index is 5.85. The normalized spacial score (nSPS) is 14.1. The van der Waals surface area contributed by atoms with Crippen LogP contribution in [0.4, 0.5) is 11.4 Å². The molecule has 0 aliphatic carbocycles. The maximum Gasteiger partial charge on any atom is 0.0898 e. The van der Waals surface area contributed by atoms with Gasteiger partial charge in [-0.15, -0.1) is 11.3 Å². The number of hydrogen-bond donors (Lipinski definition) is 1. The van der Waals surface area contributed by atoms with E-state index in [4.69, 9.17) is 5.73 Å². The van der Waals surface area contributed by atoms with Crippen molar-refractivity contribution in [3.05, 3.63) is 39.8 Å². The minimum absolute atomic E-state index is 0.838. The number of hydrogen-bond acceptors (Lipinski definition) is 4. The minimum atomic E-state index is 0.838. The average Bonchev–Trinajstić information content (AvgIpc) is 2.87. The van der Waals surface area contributed by atoms with Gasteiger partial charge in [0, 0.05) is 23.3 Å². The molecule has 0 radical (unpaired) electrons. The molecule has 0 fully saturated rings. The van der Waals surface area contributed by atoms with Crippen LogP contribution in [0.25, 0.3) is 0 Å². The highest BCUT2D eigenvalue weighted by Gasteiger charge is 2.19. The SMILES string of the molecule is Cc1nc(CN2CCc3ccc(N)cc32)cs1. The molecule has 1 aromatic carbocycles. The Balaban J connectivity index is 1.86. The Labute approximate surface area is 105 Å². The second kappa shape index (κ2) is 4.04. The van der Waals surface area contributed by atoms with Crippen LogP contribution >= 0.6 is 11.3 Å². The molecule has 88 valence electrons. The summed E-state index contributed by atoms with van der Waals surface area (Å²) in [4.78, 5) is 6.88. The van der Waals surface area contributed by atoms with E-state index in [1.165, 1.54) is 11.3 Å². The molecule has 0 saturated heterocycles. The number of nitrogens with two attached hydrogens (primary N) is 1. The first-order chi connectivity index (χ1) is 8.22. The van der Waals surface area contributed by atoms with Crippen molar-refractivity contribution >= 4 is 22.7 Å². The Morgan fingerprint density at radius 2 is 2.35 bits per heavy atom. The number of fused-ring (bicyclic) bond motifs is 1. The quantitative estimate of drug-likeness (QED) is 0.827. The molecule has 1 aliphatic heterocycles. The number of anilines is 2. The van der Waals surface area contributed by atoms with E-state index in [0.29, 0.717) is 0 Å². The second-order valence-electron chi connectivity index (χ2n) is 4.42. The van der Waals surface area contributed by atoms with Gasteiger partial charge in [0.2, 0.25) is 0 Å². The Morgan fingerprint density at radius 3 is 3.12 bits per heavy atom. The molecule has 1 aliphatic rings. The first-order valence-electron chi connectivity index (χ1n) is 5.77. The molecule has 1 aromatic heterocycles. The Hall–Kier alpha value is -1.55. The number of benzene rings is 1. The average molecular weight is 245 g/mol. The summed E-state index contributed by atoms with van der Waals surface area (Å²) in [6, 6.07) is 6.19. The molecule has 0 saturated carbocycles. The van der Waals surface area contributed by atoms with Crippen LogP contribution in [0.2, 0.25) is 0 Å². The molecule has 2 N–H and O–H groups in total. The molecule has 2 aromatic rings. The highest BCUT2D eigenvalue weighted by molar-refractivity contribution is 7.09. The van der Waals surface area contributed by atoms with Gasteiger partial charge in [-0.25, -0.2) is 4.98 Å². The Bertz CT molecular complexity index is 547. The van der Waals surface area contributed by atoms with E-state index in [1.807, 2.05) is 13.0 Å². The van der Waals surface area contributed by atoms with E-state index in [9.17, 15) is 0 Å². The predicted octanol–water partition coefficient (Wildman–Crippen LogP) is 2.60. The van der Waals surface area contributed by atoms with Gasteiger partial charge in [-0.2, -0.15) is 0 Å². The second-order valence-corrected chi connectivity index (χ2v) is 5.48. The third-order valence-corrected chi connectivity index (χ3v) is 3.94. The van der Waals surface area contributed by atoms with Gasteiger partial charge in [0.25, 0.3) is 0 Å². The van der Waals surface area contributed by atoms with Crippen LogP contribution in [0.1, 0.15) is 16.3 Å². The Morgan fingerprint density at radius 1 is 1.47 bits per heavy atom. The zero-order valence-electron chi connectivity index (χ0n) is 9.81. The van der Waals surface area contributed by atoms with Gasteiger partial charge >= 0.3 is 0 Å². The molecular formula is C13H15N3S. The van der Waals surface area contributed by atoms with Crippen molar-refractivity contribution in [3.8, 4) is 0 Å². The van der Waals surface area contributed by atoms with Crippen LogP contribution in [-0.4, -0.2) is 11.5 Å². The van der Waals surface area contributed by atoms with E-state index < -0.39 is 0 Å². The zero-order chi connectivity index (χ0) is 11.8. The van der Waals surface area contributed by atoms with E-state index >= 15 is 0 Å². The molecule has 3 rings (SSSR count). The van der Waals surface area contributed by atoms with Crippen LogP contribution in [0, 0.1) is 6.92 Å². The van der Waals surface area contributed by atoms with E-state index in [1.54, 1.807) is 11.3 Å². The van der Waals surface area contributed by atoms with Gasteiger partial charge < -0.3 is 10.6 Å². The van der Waals surface area contributed by atoms with Crippen molar-refractivity contribution in [3.63, 3.8) is 0 Å². The molecule has 0 unspecified atom stereocenters. The van der Waals surface area contributed by atoms with Crippen molar-refractivity contribution in [2.45, 2.75) is 19.9 Å². The summed E-state index contributed by atoms with van der Waals surface area (Å²) in [6.07, 6.45) is 1.11. The molecule has 17 heavy (non-hydrogen) atoms. The summed E-state index contributed by atoms with van der Waals surface area (Å²) >= 11 is 1.71. The topological polar surface area (TPSA) is 42.2 Å². The fourth-order valence-corrected chi connectivity index (χ4v) is 2.91. The Kier molecular flexibility index (Phi) is 2.52. The van der Waals surface area contributed by atoms with Crippen molar-refractivity contribution in [2.75, 3.05) is 17.2 Å². The first-order valence-corrected chi connectivity index (χ1v) is 6.65. The smallest absolute Gasteiger partial charge is 0.0898 e. The van der Waals surface area contributed by atoms with Crippen molar-refractivity contribution in [1.82, 2.24) is 4.98 Å². The molecule has 2 heterocycles. The van der Waals surface area contributed by atoms with Crippen LogP contribution in [0.5, 0.6) is 0 Å². The number of nitrogens with zero attached hydrogens (tertiary/aromatic N) is 2. The van der Waals surface area contributed by atoms with Gasteiger partial charge in [-0.05, 0) is 31.0 Å². The number of aryl methyl sites for hydroxylation is 1. The van der Waals surface area contributed by atoms with E-state index in [-0.39, 0.29) is 0 Å². The van der Waals surface area contributed by atoms with Crippen LogP contribution < -0.4 is 10.6 Å². The third kappa shape index (κ3) is 2.00. The summed E-state index contributed by atoms with van der Waals surface area (Å²) < 4.78 is 0. The van der Waals surface area contributed by atoms with Crippen molar-refractivity contribution in [1.29, 1.82) is 0 Å². The van der Waals surface area contributed by atoms with Crippen LogP contribution in [-0.2, 0) is 13.0 Å². The molecule has 4 heteroatoms. The maximum absolute atomic E-state index is 5.85. The van der Waals surface area contributed by atoms with Gasteiger partial charge in [0.05, 0.1) is 17.2 Å². The standard InChI is InChI=1S/C13H15N3S/c1-9-15-12(8-17-9)7-16-5-4-10-2-3-11(14)6-13(10)16/h2-3,6,8H,4-5,7,14H2,1H3. The van der Waals surface area contributed by atoms with Gasteiger partial charge in [0.15, 0.2) is 0 Å². The fourth-order valence-electron chi connectivity index (χ4n) is 2.30. The van der Waals surface area contributed by atoms with Crippen molar-refractivity contribution in [2.24, 2.45) is 0 Å². The van der Waals surface area contributed by atoms with Crippen LogP contribution in [0.15, 0.2) is 23.6 Å². The minimum Gasteiger partial charge on any atom is -0.399 e. The van der Waals surface area contributed by atoms with E-state index in [2.05, 4.69) is 27.4 Å². The predicted molar refractivity (Wildman–Crippen MR) is 72.5 cm³/mol. The summed E-state index contributed by atoms with van der Waals surface area (Å²) in [5.41, 5.74) is 10.5. The van der Waals surface area contributed by atoms with E-state index in [0.717, 1.165) is 35.9 Å². The molecule has 0 amide bonds. The van der Waals surface area contributed by atoms with Crippen LogP contribution in [0.3, 0.4) is 0 Å². The monoisotopic (exact) mass is 245 g/mol. The lowest BCUT2D eigenvalue weighted by atomic mass is 10.1. The lowest BCUT2D eigenvalue weighted by Crippen LogP contribution is -2.19. The molecule has 0 bridgehead atoms. The fraction of sp³-hybridized carbons (Fsp3) is 0.308. The number of aromatic nitrogens is 1. The highest BCUT2D eigenvalue weighted by atomic mass is 32.1. The lowest BCUT2D eigenvalue weighted by molar-refractivity contribution is 0.818. The number of rotatable bonds is 2. The first kappa shape index (κ1) is 10.6. The summed E-state index contributed by atoms with van der Waals surface area (Å²) in [6.45, 7) is 4.00. The third-order valence-electron chi connectivity index (χ3n) is 3.12. The zero-order valence-corrected chi connectivity index (χ0v) is 10.6.